The lowest BCUT2D eigenvalue weighted by Gasteiger charge is -2.30. The summed E-state index contributed by atoms with van der Waals surface area (Å²) >= 11 is 0. The summed E-state index contributed by atoms with van der Waals surface area (Å²) in [7, 11) is 0. The Bertz CT molecular complexity index is 363. The fraction of sp³-hybridized carbons (Fsp3) is 0.667. The summed E-state index contributed by atoms with van der Waals surface area (Å²) in [6, 6.07) is 11.4. The molecule has 2 rings (SSSR count). The van der Waals surface area contributed by atoms with E-state index in [0.29, 0.717) is 6.04 Å². The van der Waals surface area contributed by atoms with Crippen LogP contribution in [0.3, 0.4) is 0 Å². The van der Waals surface area contributed by atoms with Crippen LogP contribution >= 0.6 is 0 Å². The van der Waals surface area contributed by atoms with Crippen molar-refractivity contribution in [3.05, 3.63) is 35.9 Å². The molecule has 1 saturated heterocycles. The average molecular weight is 274 g/mol. The molecule has 20 heavy (non-hydrogen) atoms. The molecule has 1 heterocycles. The quantitative estimate of drug-likeness (QED) is 0.861. The second-order valence-corrected chi connectivity index (χ2v) is 6.15. The lowest BCUT2D eigenvalue weighted by atomic mass is 9.98. The highest BCUT2D eigenvalue weighted by Crippen LogP contribution is 2.22. The minimum absolute atomic E-state index is 0.561. The smallest absolute Gasteiger partial charge is 0.0221 e. The molecule has 0 radical (unpaired) electrons. The summed E-state index contributed by atoms with van der Waals surface area (Å²) in [5.74, 6) is 0.938. The number of nitrogens with zero attached hydrogens (tertiary/aromatic N) is 1. The Morgan fingerprint density at radius 3 is 2.70 bits per heavy atom. The molecule has 112 valence electrons. The molecule has 1 aliphatic rings. The second-order valence-electron chi connectivity index (χ2n) is 6.15. The summed E-state index contributed by atoms with van der Waals surface area (Å²) in [4.78, 5) is 2.65. The molecule has 1 aliphatic heterocycles. The second kappa shape index (κ2) is 8.43. The molecule has 2 unspecified atom stereocenters. The molecule has 0 aromatic heterocycles. The predicted octanol–water partition coefficient (Wildman–Crippen LogP) is 3.46. The van der Waals surface area contributed by atoms with Crippen molar-refractivity contribution in [2.75, 3.05) is 19.6 Å². The largest absolute Gasteiger partial charge is 0.329 e. The molecule has 2 heteroatoms. The molecule has 2 N–H and O–H groups in total. The number of hydrogen-bond donors (Lipinski definition) is 1. The van der Waals surface area contributed by atoms with Crippen LogP contribution < -0.4 is 5.73 Å². The van der Waals surface area contributed by atoms with E-state index in [1.54, 1.807) is 0 Å². The van der Waals surface area contributed by atoms with E-state index in [0.717, 1.165) is 18.9 Å². The zero-order chi connectivity index (χ0) is 14.2. The molecule has 0 amide bonds. The molecule has 1 fully saturated rings. The third kappa shape index (κ3) is 4.60. The average Bonchev–Trinajstić information content (AvgIpc) is 2.75. The number of likely N-dealkylation sites (tertiary alicyclic amines) is 1. The van der Waals surface area contributed by atoms with Gasteiger partial charge in [0, 0.05) is 12.6 Å². The van der Waals surface area contributed by atoms with E-state index in [1.165, 1.54) is 50.8 Å². The summed E-state index contributed by atoms with van der Waals surface area (Å²) in [5, 5.41) is 0. The lowest BCUT2D eigenvalue weighted by molar-refractivity contribution is 0.195. The van der Waals surface area contributed by atoms with Crippen LogP contribution in [0, 0.1) is 5.92 Å². The van der Waals surface area contributed by atoms with Gasteiger partial charge in [0.25, 0.3) is 0 Å². The predicted molar refractivity (Wildman–Crippen MR) is 86.8 cm³/mol. The van der Waals surface area contributed by atoms with Crippen molar-refractivity contribution in [2.24, 2.45) is 11.7 Å². The van der Waals surface area contributed by atoms with Crippen molar-refractivity contribution in [1.82, 2.24) is 4.90 Å². The maximum Gasteiger partial charge on any atom is 0.0221 e. The van der Waals surface area contributed by atoms with E-state index < -0.39 is 0 Å². The van der Waals surface area contributed by atoms with Crippen LogP contribution in [0.1, 0.15) is 44.6 Å². The van der Waals surface area contributed by atoms with Crippen molar-refractivity contribution < 1.29 is 0 Å². The molecule has 0 spiro atoms. The highest BCUT2D eigenvalue weighted by molar-refractivity contribution is 5.14. The topological polar surface area (TPSA) is 29.3 Å². The third-order valence-electron chi connectivity index (χ3n) is 4.86. The van der Waals surface area contributed by atoms with Crippen LogP contribution in [0.25, 0.3) is 0 Å². The summed E-state index contributed by atoms with van der Waals surface area (Å²) < 4.78 is 0. The molecule has 1 aromatic carbocycles. The number of nitrogens with two attached hydrogens (primary N) is 1. The van der Waals surface area contributed by atoms with Crippen LogP contribution in [0.4, 0.5) is 0 Å². The number of hydrogen-bond acceptors (Lipinski definition) is 2. The molecular weight excluding hydrogens is 244 g/mol. The molecule has 0 saturated carbocycles. The van der Waals surface area contributed by atoms with Crippen molar-refractivity contribution in [1.29, 1.82) is 0 Å². The first kappa shape index (κ1) is 15.5. The van der Waals surface area contributed by atoms with Crippen molar-refractivity contribution in [3.8, 4) is 0 Å². The highest BCUT2D eigenvalue weighted by atomic mass is 15.2. The summed E-state index contributed by atoms with van der Waals surface area (Å²) in [6.07, 6.45) is 7.79. The first-order valence-corrected chi connectivity index (χ1v) is 8.31. The fourth-order valence-electron chi connectivity index (χ4n) is 3.39. The fourth-order valence-corrected chi connectivity index (χ4v) is 3.39. The zero-order valence-corrected chi connectivity index (χ0v) is 12.9. The lowest BCUT2D eigenvalue weighted by Crippen LogP contribution is -2.41. The Labute approximate surface area is 124 Å². The Hall–Kier alpha value is -0.860. The molecule has 1 aromatic rings. The van der Waals surface area contributed by atoms with E-state index in [-0.39, 0.29) is 0 Å². The molecule has 0 aliphatic carbocycles. The Balaban J connectivity index is 1.84. The number of rotatable bonds is 6. The number of aryl methyl sites for hydroxylation is 1. The van der Waals surface area contributed by atoms with E-state index in [2.05, 4.69) is 42.2 Å². The van der Waals surface area contributed by atoms with Crippen molar-refractivity contribution in [3.63, 3.8) is 0 Å². The van der Waals surface area contributed by atoms with Gasteiger partial charge in [-0.1, -0.05) is 43.7 Å². The SMILES string of the molecule is CCC1CCCN(C(CN)CCc2ccccc2)CC1. The third-order valence-corrected chi connectivity index (χ3v) is 4.86. The highest BCUT2D eigenvalue weighted by Gasteiger charge is 2.21. The standard InChI is InChI=1S/C18H30N2/c1-2-16-9-6-13-20(14-12-16)18(15-19)11-10-17-7-4-3-5-8-17/h3-5,7-8,16,18H,2,6,9-15,19H2,1H3. The van der Waals surface area contributed by atoms with Gasteiger partial charge in [-0.25, -0.2) is 0 Å². The summed E-state index contributed by atoms with van der Waals surface area (Å²) in [5.41, 5.74) is 7.48. The van der Waals surface area contributed by atoms with Gasteiger partial charge in [-0.05, 0) is 56.7 Å². The van der Waals surface area contributed by atoms with Gasteiger partial charge >= 0.3 is 0 Å². The molecule has 2 atom stereocenters. The van der Waals surface area contributed by atoms with E-state index in [1.807, 2.05) is 0 Å². The molecule has 0 bridgehead atoms. The maximum atomic E-state index is 6.04. The van der Waals surface area contributed by atoms with Gasteiger partial charge in [0.1, 0.15) is 0 Å². The minimum atomic E-state index is 0.561. The normalized spacial score (nSPS) is 22.4. The van der Waals surface area contributed by atoms with E-state index >= 15 is 0 Å². The summed E-state index contributed by atoms with van der Waals surface area (Å²) in [6.45, 7) is 5.61. The van der Waals surface area contributed by atoms with Gasteiger partial charge in [0.15, 0.2) is 0 Å². The van der Waals surface area contributed by atoms with Crippen molar-refractivity contribution >= 4 is 0 Å². The van der Waals surface area contributed by atoms with Gasteiger partial charge in [0.05, 0.1) is 0 Å². The zero-order valence-electron chi connectivity index (χ0n) is 12.9. The Kier molecular flexibility index (Phi) is 6.55. The van der Waals surface area contributed by atoms with Crippen LogP contribution in [-0.4, -0.2) is 30.6 Å². The number of benzene rings is 1. The van der Waals surface area contributed by atoms with Gasteiger partial charge in [-0.2, -0.15) is 0 Å². The van der Waals surface area contributed by atoms with Gasteiger partial charge in [-0.3, -0.25) is 4.90 Å². The monoisotopic (exact) mass is 274 g/mol. The van der Waals surface area contributed by atoms with E-state index in [9.17, 15) is 0 Å². The first-order valence-electron chi connectivity index (χ1n) is 8.31. The van der Waals surface area contributed by atoms with Crippen LogP contribution in [0.5, 0.6) is 0 Å². The first-order chi connectivity index (χ1) is 9.83. The minimum Gasteiger partial charge on any atom is -0.329 e. The molecular formula is C18H30N2. The van der Waals surface area contributed by atoms with Gasteiger partial charge in [0.2, 0.25) is 0 Å². The van der Waals surface area contributed by atoms with Crippen molar-refractivity contribution in [2.45, 2.75) is 51.5 Å². The van der Waals surface area contributed by atoms with Crippen LogP contribution in [0.2, 0.25) is 0 Å². The van der Waals surface area contributed by atoms with Gasteiger partial charge < -0.3 is 5.73 Å². The van der Waals surface area contributed by atoms with Gasteiger partial charge in [-0.15, -0.1) is 0 Å². The van der Waals surface area contributed by atoms with Crippen LogP contribution in [0.15, 0.2) is 30.3 Å². The molecule has 2 nitrogen and oxygen atoms in total. The Morgan fingerprint density at radius 2 is 2.00 bits per heavy atom. The maximum absolute atomic E-state index is 6.04. The van der Waals surface area contributed by atoms with Crippen LogP contribution in [-0.2, 0) is 6.42 Å². The van der Waals surface area contributed by atoms with E-state index in [4.69, 9.17) is 5.73 Å². The Morgan fingerprint density at radius 1 is 1.20 bits per heavy atom.